The Labute approximate surface area is 134 Å². The molecule has 0 bridgehead atoms. The number of anilines is 1. The van der Waals surface area contributed by atoms with Gasteiger partial charge in [-0.05, 0) is 35.9 Å². The summed E-state index contributed by atoms with van der Waals surface area (Å²) in [5.41, 5.74) is 4.75. The molecule has 0 aliphatic carbocycles. The van der Waals surface area contributed by atoms with Crippen molar-refractivity contribution in [3.63, 3.8) is 0 Å². The molecule has 1 N–H and O–H groups in total. The number of para-hydroxylation sites is 1. The van der Waals surface area contributed by atoms with Crippen LogP contribution in [0.15, 0.2) is 60.8 Å². The Morgan fingerprint density at radius 3 is 2.74 bits per heavy atom. The van der Waals surface area contributed by atoms with Gasteiger partial charge in [-0.15, -0.1) is 0 Å². The molecule has 23 heavy (non-hydrogen) atoms. The highest BCUT2D eigenvalue weighted by Gasteiger charge is 2.25. The molecule has 0 unspecified atom stereocenters. The minimum Gasteiger partial charge on any atom is -0.486 e. The van der Waals surface area contributed by atoms with Crippen molar-refractivity contribution in [3.8, 4) is 22.8 Å². The summed E-state index contributed by atoms with van der Waals surface area (Å²) in [7, 11) is 0. The first-order valence-corrected chi connectivity index (χ1v) is 7.82. The van der Waals surface area contributed by atoms with E-state index >= 15 is 0 Å². The van der Waals surface area contributed by atoms with Crippen LogP contribution in [0, 0.1) is 0 Å². The van der Waals surface area contributed by atoms with Crippen molar-refractivity contribution in [2.75, 3.05) is 18.5 Å². The van der Waals surface area contributed by atoms with E-state index in [1.807, 2.05) is 6.07 Å². The second-order valence-electron chi connectivity index (χ2n) is 5.80. The molecule has 1 atom stereocenters. The lowest BCUT2D eigenvalue weighted by Gasteiger charge is -2.31. The Balaban J connectivity index is 1.62. The molecule has 0 spiro atoms. The van der Waals surface area contributed by atoms with E-state index < -0.39 is 0 Å². The third-order valence-electron chi connectivity index (χ3n) is 4.43. The van der Waals surface area contributed by atoms with E-state index in [1.165, 1.54) is 11.3 Å². The number of benzene rings is 2. The maximum absolute atomic E-state index is 5.73. The highest BCUT2D eigenvalue weighted by Crippen LogP contribution is 2.40. The Bertz CT molecular complexity index is 885. The van der Waals surface area contributed by atoms with Gasteiger partial charge in [0.15, 0.2) is 11.5 Å². The van der Waals surface area contributed by atoms with Crippen LogP contribution in [-0.4, -0.2) is 17.8 Å². The van der Waals surface area contributed by atoms with E-state index in [-0.39, 0.29) is 6.17 Å². The SMILES string of the molecule is c1ccc2c(c1)N[C@@H](c1ccc3c(c1)OCCO3)n1cccc1-2. The van der Waals surface area contributed by atoms with Crippen molar-refractivity contribution in [2.24, 2.45) is 0 Å². The zero-order valence-electron chi connectivity index (χ0n) is 12.5. The quantitative estimate of drug-likeness (QED) is 0.740. The van der Waals surface area contributed by atoms with Gasteiger partial charge in [0.2, 0.25) is 0 Å². The molecule has 2 aliphatic rings. The second-order valence-corrected chi connectivity index (χ2v) is 5.80. The van der Waals surface area contributed by atoms with Gasteiger partial charge in [-0.2, -0.15) is 0 Å². The van der Waals surface area contributed by atoms with Crippen LogP contribution < -0.4 is 14.8 Å². The van der Waals surface area contributed by atoms with Crippen molar-refractivity contribution >= 4 is 5.69 Å². The molecule has 0 saturated heterocycles. The maximum Gasteiger partial charge on any atom is 0.161 e. The van der Waals surface area contributed by atoms with Gasteiger partial charge in [-0.1, -0.05) is 24.3 Å². The van der Waals surface area contributed by atoms with Crippen molar-refractivity contribution in [3.05, 3.63) is 66.4 Å². The number of hydrogen-bond donors (Lipinski definition) is 1. The smallest absolute Gasteiger partial charge is 0.161 e. The molecule has 0 amide bonds. The molecule has 0 radical (unpaired) electrons. The molecule has 1 aromatic heterocycles. The van der Waals surface area contributed by atoms with Crippen LogP contribution in [0.5, 0.6) is 11.5 Å². The van der Waals surface area contributed by atoms with Gasteiger partial charge >= 0.3 is 0 Å². The van der Waals surface area contributed by atoms with E-state index in [1.54, 1.807) is 0 Å². The minimum absolute atomic E-state index is 0.0470. The second kappa shape index (κ2) is 4.81. The topological polar surface area (TPSA) is 35.4 Å². The summed E-state index contributed by atoms with van der Waals surface area (Å²) in [5, 5.41) is 3.63. The number of aromatic nitrogens is 1. The van der Waals surface area contributed by atoms with E-state index in [0.29, 0.717) is 13.2 Å². The number of ether oxygens (including phenoxy) is 2. The van der Waals surface area contributed by atoms with Crippen molar-refractivity contribution < 1.29 is 9.47 Å². The summed E-state index contributed by atoms with van der Waals surface area (Å²) in [5.74, 6) is 1.65. The van der Waals surface area contributed by atoms with Gasteiger partial charge in [-0.3, -0.25) is 0 Å². The highest BCUT2D eigenvalue weighted by atomic mass is 16.6. The largest absolute Gasteiger partial charge is 0.486 e. The molecule has 0 saturated carbocycles. The fourth-order valence-electron chi connectivity index (χ4n) is 3.37. The van der Waals surface area contributed by atoms with Gasteiger partial charge < -0.3 is 19.4 Å². The fraction of sp³-hybridized carbons (Fsp3) is 0.158. The van der Waals surface area contributed by atoms with Crippen LogP contribution in [0.4, 0.5) is 5.69 Å². The average molecular weight is 304 g/mol. The molecule has 3 heterocycles. The predicted octanol–water partition coefficient (Wildman–Crippen LogP) is 3.90. The minimum atomic E-state index is 0.0470. The first kappa shape index (κ1) is 12.6. The number of nitrogens with one attached hydrogen (secondary N) is 1. The molecule has 5 rings (SSSR count). The zero-order valence-corrected chi connectivity index (χ0v) is 12.5. The average Bonchev–Trinajstić information content (AvgIpc) is 3.11. The van der Waals surface area contributed by atoms with Crippen LogP contribution in [-0.2, 0) is 0 Å². The van der Waals surface area contributed by atoms with Gasteiger partial charge in [0, 0.05) is 17.4 Å². The molecular weight excluding hydrogens is 288 g/mol. The Morgan fingerprint density at radius 2 is 1.78 bits per heavy atom. The first-order chi connectivity index (χ1) is 11.4. The summed E-state index contributed by atoms with van der Waals surface area (Å²) in [6.45, 7) is 1.22. The molecule has 4 heteroatoms. The molecule has 2 aromatic carbocycles. The maximum atomic E-state index is 5.73. The summed E-state index contributed by atoms with van der Waals surface area (Å²) >= 11 is 0. The van der Waals surface area contributed by atoms with E-state index in [9.17, 15) is 0 Å². The summed E-state index contributed by atoms with van der Waals surface area (Å²) in [4.78, 5) is 0. The number of rotatable bonds is 1. The van der Waals surface area contributed by atoms with Crippen LogP contribution >= 0.6 is 0 Å². The molecule has 4 nitrogen and oxygen atoms in total. The Kier molecular flexibility index (Phi) is 2.65. The van der Waals surface area contributed by atoms with Crippen molar-refractivity contribution in [2.45, 2.75) is 6.17 Å². The summed E-state index contributed by atoms with van der Waals surface area (Å²) in [6, 6.07) is 18.8. The third kappa shape index (κ3) is 1.91. The predicted molar refractivity (Wildman–Crippen MR) is 89.1 cm³/mol. The zero-order chi connectivity index (χ0) is 15.2. The lowest BCUT2D eigenvalue weighted by Crippen LogP contribution is -2.24. The lowest BCUT2D eigenvalue weighted by atomic mass is 10.0. The van der Waals surface area contributed by atoms with Crippen LogP contribution in [0.2, 0.25) is 0 Å². The van der Waals surface area contributed by atoms with Gasteiger partial charge in [0.1, 0.15) is 19.4 Å². The third-order valence-corrected chi connectivity index (χ3v) is 4.43. The van der Waals surface area contributed by atoms with Gasteiger partial charge in [0.25, 0.3) is 0 Å². The monoisotopic (exact) mass is 304 g/mol. The Hall–Kier alpha value is -2.88. The molecule has 114 valence electrons. The number of nitrogens with zero attached hydrogens (tertiary/aromatic N) is 1. The van der Waals surface area contributed by atoms with Gasteiger partial charge in [0.05, 0.1) is 5.69 Å². The summed E-state index contributed by atoms with van der Waals surface area (Å²) in [6.07, 6.45) is 2.16. The lowest BCUT2D eigenvalue weighted by molar-refractivity contribution is 0.171. The van der Waals surface area contributed by atoms with Crippen LogP contribution in [0.25, 0.3) is 11.3 Å². The van der Waals surface area contributed by atoms with Crippen LogP contribution in [0.3, 0.4) is 0 Å². The Morgan fingerprint density at radius 1 is 0.913 bits per heavy atom. The first-order valence-electron chi connectivity index (χ1n) is 7.82. The molecule has 2 aliphatic heterocycles. The van der Waals surface area contributed by atoms with E-state index in [0.717, 1.165) is 22.7 Å². The fourth-order valence-corrected chi connectivity index (χ4v) is 3.37. The summed E-state index contributed by atoms with van der Waals surface area (Å²) < 4.78 is 13.6. The highest BCUT2D eigenvalue weighted by molar-refractivity contribution is 5.79. The van der Waals surface area contributed by atoms with E-state index in [4.69, 9.17) is 9.47 Å². The van der Waals surface area contributed by atoms with Crippen molar-refractivity contribution in [1.82, 2.24) is 4.57 Å². The number of fused-ring (bicyclic) bond motifs is 4. The van der Waals surface area contributed by atoms with Crippen LogP contribution in [0.1, 0.15) is 11.7 Å². The van der Waals surface area contributed by atoms with Gasteiger partial charge in [-0.25, -0.2) is 0 Å². The van der Waals surface area contributed by atoms with Crippen molar-refractivity contribution in [1.29, 1.82) is 0 Å². The normalized spacial score (nSPS) is 17.8. The standard InChI is InChI=1S/C19H16N2O2/c1-2-5-15-14(4-1)16-6-3-9-21(16)19(20-15)13-7-8-17-18(12-13)23-11-10-22-17/h1-9,12,19-20H,10-11H2/t19-/m1/s1. The molecule has 3 aromatic rings. The number of hydrogen-bond acceptors (Lipinski definition) is 3. The molecule has 0 fully saturated rings. The molecular formula is C19H16N2O2. The van der Waals surface area contributed by atoms with E-state index in [2.05, 4.69) is 64.6 Å².